The number of hydrogen-bond donors (Lipinski definition) is 0. The summed E-state index contributed by atoms with van der Waals surface area (Å²) in [4.78, 5) is 18.0. The topological polar surface area (TPSA) is 57.7 Å². The van der Waals surface area contributed by atoms with E-state index in [-0.39, 0.29) is 23.5 Å². The van der Waals surface area contributed by atoms with Gasteiger partial charge in [-0.25, -0.2) is 8.42 Å². The zero-order chi connectivity index (χ0) is 18.9. The van der Waals surface area contributed by atoms with E-state index in [4.69, 9.17) is 0 Å². The minimum atomic E-state index is -3.03. The monoisotopic (exact) mass is 394 g/mol. The SMILES string of the molecule is Cc1c(C(=O)N(CCCN(C)C)C2CCS(=O)(=O)C2)sc2ccccc12. The second kappa shape index (κ2) is 7.66. The molecule has 0 radical (unpaired) electrons. The van der Waals surface area contributed by atoms with Crippen LogP contribution in [0.3, 0.4) is 0 Å². The maximum atomic E-state index is 13.3. The van der Waals surface area contributed by atoms with Gasteiger partial charge in [-0.2, -0.15) is 0 Å². The first-order chi connectivity index (χ1) is 12.3. The molecule has 142 valence electrons. The van der Waals surface area contributed by atoms with Crippen LogP contribution in [-0.2, 0) is 9.84 Å². The Labute approximate surface area is 159 Å². The fraction of sp³-hybridized carbons (Fsp3) is 0.526. The highest BCUT2D eigenvalue weighted by atomic mass is 32.2. The van der Waals surface area contributed by atoms with Crippen molar-refractivity contribution >= 4 is 37.2 Å². The molecule has 1 aliphatic heterocycles. The number of fused-ring (bicyclic) bond motifs is 1. The molecule has 1 unspecified atom stereocenters. The Morgan fingerprint density at radius 1 is 1.23 bits per heavy atom. The van der Waals surface area contributed by atoms with Crippen molar-refractivity contribution in [2.75, 3.05) is 38.7 Å². The molecule has 0 aliphatic carbocycles. The summed E-state index contributed by atoms with van der Waals surface area (Å²) in [5.74, 6) is 0.245. The predicted octanol–water partition coefficient (Wildman–Crippen LogP) is 2.79. The number of aryl methyl sites for hydroxylation is 1. The van der Waals surface area contributed by atoms with Gasteiger partial charge in [-0.3, -0.25) is 4.79 Å². The van der Waals surface area contributed by atoms with Gasteiger partial charge in [-0.1, -0.05) is 18.2 Å². The molecule has 2 heterocycles. The zero-order valence-electron chi connectivity index (χ0n) is 15.6. The van der Waals surface area contributed by atoms with Crippen LogP contribution in [-0.4, -0.2) is 68.9 Å². The number of thiophene rings is 1. The molecule has 0 saturated carbocycles. The Kier molecular flexibility index (Phi) is 5.69. The fourth-order valence-electron chi connectivity index (χ4n) is 3.54. The first kappa shape index (κ1) is 19.3. The van der Waals surface area contributed by atoms with Gasteiger partial charge in [0, 0.05) is 17.3 Å². The summed E-state index contributed by atoms with van der Waals surface area (Å²) in [5.41, 5.74) is 0.995. The zero-order valence-corrected chi connectivity index (χ0v) is 17.2. The number of nitrogens with zero attached hydrogens (tertiary/aromatic N) is 2. The Hall–Kier alpha value is -1.44. The van der Waals surface area contributed by atoms with Crippen LogP contribution < -0.4 is 0 Å². The highest BCUT2D eigenvalue weighted by Gasteiger charge is 2.35. The number of benzene rings is 1. The van der Waals surface area contributed by atoms with Gasteiger partial charge >= 0.3 is 0 Å². The molecule has 7 heteroatoms. The lowest BCUT2D eigenvalue weighted by atomic mass is 10.1. The van der Waals surface area contributed by atoms with E-state index in [1.54, 1.807) is 0 Å². The summed E-state index contributed by atoms with van der Waals surface area (Å²) in [5, 5.41) is 1.10. The van der Waals surface area contributed by atoms with Gasteiger partial charge in [0.25, 0.3) is 5.91 Å². The van der Waals surface area contributed by atoms with Crippen molar-refractivity contribution in [2.45, 2.75) is 25.8 Å². The average molecular weight is 395 g/mol. The summed E-state index contributed by atoms with van der Waals surface area (Å²) in [6, 6.07) is 7.81. The summed E-state index contributed by atoms with van der Waals surface area (Å²) in [7, 11) is 0.971. The molecule has 1 aromatic heterocycles. The van der Waals surface area contributed by atoms with Crippen LogP contribution in [0.25, 0.3) is 10.1 Å². The van der Waals surface area contributed by atoms with E-state index >= 15 is 0 Å². The Balaban J connectivity index is 1.89. The lowest BCUT2D eigenvalue weighted by Gasteiger charge is -2.28. The summed E-state index contributed by atoms with van der Waals surface area (Å²) >= 11 is 1.51. The van der Waals surface area contributed by atoms with Crippen LogP contribution in [0.15, 0.2) is 24.3 Å². The van der Waals surface area contributed by atoms with E-state index in [2.05, 4.69) is 4.90 Å². The van der Waals surface area contributed by atoms with Crippen molar-refractivity contribution in [3.63, 3.8) is 0 Å². The second-order valence-corrected chi connectivity index (χ2v) is 10.5. The van der Waals surface area contributed by atoms with Gasteiger partial charge < -0.3 is 9.80 Å². The van der Waals surface area contributed by atoms with Crippen LogP contribution in [0.5, 0.6) is 0 Å². The maximum Gasteiger partial charge on any atom is 0.264 e. The van der Waals surface area contributed by atoms with Crippen LogP contribution in [0.1, 0.15) is 28.1 Å². The van der Waals surface area contributed by atoms with Crippen LogP contribution in [0.4, 0.5) is 0 Å². The standard InChI is InChI=1S/C19H26N2O3S2/c1-14-16-7-4-5-8-17(16)25-18(14)19(22)21(11-6-10-20(2)3)15-9-12-26(23,24)13-15/h4-5,7-8,15H,6,9-13H2,1-3H3. The summed E-state index contributed by atoms with van der Waals surface area (Å²) in [6.07, 6.45) is 1.37. The highest BCUT2D eigenvalue weighted by Crippen LogP contribution is 2.32. The molecule has 5 nitrogen and oxygen atoms in total. The molecule has 1 aliphatic rings. The van der Waals surface area contributed by atoms with Gasteiger partial charge in [0.05, 0.1) is 16.4 Å². The van der Waals surface area contributed by atoms with Gasteiger partial charge in [0.2, 0.25) is 0 Å². The Bertz CT molecular complexity index is 903. The third-order valence-corrected chi connectivity index (χ3v) is 7.96. The van der Waals surface area contributed by atoms with Gasteiger partial charge in [0.1, 0.15) is 0 Å². The van der Waals surface area contributed by atoms with Crippen LogP contribution >= 0.6 is 11.3 Å². The minimum absolute atomic E-state index is 0.0236. The minimum Gasteiger partial charge on any atom is -0.334 e. The van der Waals surface area contributed by atoms with Crippen molar-refractivity contribution in [3.8, 4) is 0 Å². The maximum absolute atomic E-state index is 13.3. The number of amides is 1. The molecular weight excluding hydrogens is 368 g/mol. The summed E-state index contributed by atoms with van der Waals surface area (Å²) < 4.78 is 25.0. The van der Waals surface area contributed by atoms with Gasteiger partial charge in [-0.15, -0.1) is 11.3 Å². The number of sulfone groups is 1. The Morgan fingerprint density at radius 3 is 2.58 bits per heavy atom. The highest BCUT2D eigenvalue weighted by molar-refractivity contribution is 7.91. The summed E-state index contributed by atoms with van der Waals surface area (Å²) in [6.45, 7) is 3.44. The molecule has 1 saturated heterocycles. The largest absolute Gasteiger partial charge is 0.334 e. The smallest absolute Gasteiger partial charge is 0.264 e. The number of carbonyl (C=O) groups excluding carboxylic acids is 1. The third kappa shape index (κ3) is 4.10. The van der Waals surface area contributed by atoms with E-state index in [0.717, 1.165) is 33.5 Å². The fourth-order valence-corrected chi connectivity index (χ4v) is 6.43. The number of carbonyl (C=O) groups is 1. The van der Waals surface area contributed by atoms with Crippen LogP contribution in [0.2, 0.25) is 0 Å². The van der Waals surface area contributed by atoms with Gasteiger partial charge in [-0.05, 0) is 57.4 Å². The second-order valence-electron chi connectivity index (χ2n) is 7.26. The molecule has 2 aromatic rings. The third-order valence-electron chi connectivity index (χ3n) is 4.95. The van der Waals surface area contributed by atoms with Crippen molar-refractivity contribution in [1.29, 1.82) is 0 Å². The molecule has 1 fully saturated rings. The van der Waals surface area contributed by atoms with E-state index < -0.39 is 9.84 Å². The van der Waals surface area contributed by atoms with Crippen molar-refractivity contribution in [1.82, 2.24) is 9.80 Å². The first-order valence-corrected chi connectivity index (χ1v) is 11.6. The quantitative estimate of drug-likeness (QED) is 0.756. The molecule has 1 aromatic carbocycles. The van der Waals surface area contributed by atoms with E-state index in [9.17, 15) is 13.2 Å². The number of rotatable bonds is 6. The molecule has 3 rings (SSSR count). The average Bonchev–Trinajstić information content (AvgIpc) is 3.11. The van der Waals surface area contributed by atoms with E-state index in [1.807, 2.05) is 50.2 Å². The van der Waals surface area contributed by atoms with E-state index in [1.165, 1.54) is 11.3 Å². The molecule has 1 amide bonds. The molecule has 0 N–H and O–H groups in total. The van der Waals surface area contributed by atoms with Crippen LogP contribution in [0, 0.1) is 6.92 Å². The predicted molar refractivity (Wildman–Crippen MR) is 108 cm³/mol. The van der Waals surface area contributed by atoms with Gasteiger partial charge in [0.15, 0.2) is 9.84 Å². The molecule has 0 bridgehead atoms. The van der Waals surface area contributed by atoms with Crippen molar-refractivity contribution < 1.29 is 13.2 Å². The molecule has 0 spiro atoms. The van der Waals surface area contributed by atoms with Crippen molar-refractivity contribution in [3.05, 3.63) is 34.7 Å². The Morgan fingerprint density at radius 2 is 1.96 bits per heavy atom. The lowest BCUT2D eigenvalue weighted by molar-refractivity contribution is 0.0695. The molecular formula is C19H26N2O3S2. The molecule has 1 atom stereocenters. The van der Waals surface area contributed by atoms with E-state index in [0.29, 0.717) is 13.0 Å². The molecule has 26 heavy (non-hydrogen) atoms. The van der Waals surface area contributed by atoms with Crippen molar-refractivity contribution in [2.24, 2.45) is 0 Å². The first-order valence-electron chi connectivity index (χ1n) is 8.93. The number of hydrogen-bond acceptors (Lipinski definition) is 5. The lowest BCUT2D eigenvalue weighted by Crippen LogP contribution is -2.42. The normalized spacial score (nSPS) is 19.3.